The second kappa shape index (κ2) is 9.31. The molecule has 2 rings (SSSR count). The molecule has 0 bridgehead atoms. The zero-order valence-corrected chi connectivity index (χ0v) is 14.7. The van der Waals surface area contributed by atoms with E-state index in [1.165, 1.54) is 12.1 Å². The first-order valence-electron chi connectivity index (χ1n) is 8.94. The normalized spacial score (nSPS) is 18.6. The predicted molar refractivity (Wildman–Crippen MR) is 94.0 cm³/mol. The maximum atomic E-state index is 12.7. The van der Waals surface area contributed by atoms with Crippen LogP contribution in [-0.2, 0) is 4.79 Å². The molecule has 1 saturated heterocycles. The third-order valence-corrected chi connectivity index (χ3v) is 4.50. The Kier molecular flexibility index (Phi) is 7.12. The molecule has 8 heteroatoms. The van der Waals surface area contributed by atoms with Crippen LogP contribution in [0.15, 0.2) is 16.9 Å². The molecule has 0 aromatic carbocycles. The lowest BCUT2D eigenvalue weighted by Crippen LogP contribution is -2.54. The minimum Gasteiger partial charge on any atom is -0.350 e. The Morgan fingerprint density at radius 2 is 2.24 bits per heavy atom. The summed E-state index contributed by atoms with van der Waals surface area (Å²) in [5.41, 5.74) is 5.52. The third kappa shape index (κ3) is 5.12. The standard InChI is InChI=1S/C17H27N5O3/c1-2-3-6-12(11-18)19-16(24)14-7-4-5-10-22(14)17(25)13-8-9-15(23)21-20-13/h8-9,12,14H,2-7,10-11,18H2,1H3,(H,19,24)(H,21,23). The lowest BCUT2D eigenvalue weighted by molar-refractivity contribution is -0.127. The molecule has 1 aliphatic rings. The molecule has 4 N–H and O–H groups in total. The van der Waals surface area contributed by atoms with Crippen molar-refractivity contribution in [2.45, 2.75) is 57.5 Å². The number of aromatic amines is 1. The third-order valence-electron chi connectivity index (χ3n) is 4.50. The summed E-state index contributed by atoms with van der Waals surface area (Å²) in [5, 5.41) is 9.02. The highest BCUT2D eigenvalue weighted by Gasteiger charge is 2.33. The lowest BCUT2D eigenvalue weighted by Gasteiger charge is -2.35. The number of piperidine rings is 1. The molecular weight excluding hydrogens is 322 g/mol. The highest BCUT2D eigenvalue weighted by atomic mass is 16.2. The van der Waals surface area contributed by atoms with Crippen LogP contribution in [0.2, 0.25) is 0 Å². The second-order valence-electron chi connectivity index (χ2n) is 6.40. The van der Waals surface area contributed by atoms with Gasteiger partial charge in [0.25, 0.3) is 11.5 Å². The van der Waals surface area contributed by atoms with E-state index >= 15 is 0 Å². The van der Waals surface area contributed by atoms with Gasteiger partial charge in [0.1, 0.15) is 11.7 Å². The maximum absolute atomic E-state index is 12.7. The van der Waals surface area contributed by atoms with E-state index in [2.05, 4.69) is 22.4 Å². The van der Waals surface area contributed by atoms with Crippen molar-refractivity contribution >= 4 is 11.8 Å². The summed E-state index contributed by atoms with van der Waals surface area (Å²) < 4.78 is 0. The van der Waals surface area contributed by atoms with E-state index in [-0.39, 0.29) is 29.1 Å². The van der Waals surface area contributed by atoms with Gasteiger partial charge in [-0.15, -0.1) is 0 Å². The van der Waals surface area contributed by atoms with Gasteiger partial charge >= 0.3 is 0 Å². The summed E-state index contributed by atoms with van der Waals surface area (Å²) in [7, 11) is 0. The van der Waals surface area contributed by atoms with E-state index in [4.69, 9.17) is 5.73 Å². The fraction of sp³-hybridized carbons (Fsp3) is 0.647. The minimum absolute atomic E-state index is 0.0717. The van der Waals surface area contributed by atoms with Crippen molar-refractivity contribution in [2.24, 2.45) is 5.73 Å². The number of hydrogen-bond donors (Lipinski definition) is 3. The molecule has 8 nitrogen and oxygen atoms in total. The van der Waals surface area contributed by atoms with Crippen molar-refractivity contribution in [3.63, 3.8) is 0 Å². The molecule has 2 unspecified atom stereocenters. The lowest BCUT2D eigenvalue weighted by atomic mass is 10.00. The zero-order valence-electron chi connectivity index (χ0n) is 14.7. The fourth-order valence-corrected chi connectivity index (χ4v) is 3.05. The highest BCUT2D eigenvalue weighted by Crippen LogP contribution is 2.19. The topological polar surface area (TPSA) is 121 Å². The molecule has 0 aliphatic carbocycles. The van der Waals surface area contributed by atoms with Crippen LogP contribution in [0.5, 0.6) is 0 Å². The molecule has 1 aromatic rings. The smallest absolute Gasteiger partial charge is 0.274 e. The molecule has 1 fully saturated rings. The van der Waals surface area contributed by atoms with Crippen LogP contribution >= 0.6 is 0 Å². The average Bonchev–Trinajstić information content (AvgIpc) is 2.65. The van der Waals surface area contributed by atoms with Crippen LogP contribution in [0.1, 0.15) is 55.9 Å². The van der Waals surface area contributed by atoms with Crippen LogP contribution in [0.4, 0.5) is 0 Å². The number of unbranched alkanes of at least 4 members (excludes halogenated alkanes) is 1. The van der Waals surface area contributed by atoms with Crippen LogP contribution in [0, 0.1) is 0 Å². The Hall–Kier alpha value is -2.22. The highest BCUT2D eigenvalue weighted by molar-refractivity contribution is 5.96. The number of carbonyl (C=O) groups excluding carboxylic acids is 2. The molecule has 25 heavy (non-hydrogen) atoms. The first-order valence-corrected chi connectivity index (χ1v) is 8.94. The van der Waals surface area contributed by atoms with Crippen molar-refractivity contribution in [3.8, 4) is 0 Å². The number of nitrogens with two attached hydrogens (primary N) is 1. The fourth-order valence-electron chi connectivity index (χ4n) is 3.05. The van der Waals surface area contributed by atoms with Crippen molar-refractivity contribution in [1.82, 2.24) is 20.4 Å². The Morgan fingerprint density at radius 1 is 1.44 bits per heavy atom. The quantitative estimate of drug-likeness (QED) is 0.658. The summed E-state index contributed by atoms with van der Waals surface area (Å²) in [6.45, 7) is 2.97. The number of aromatic nitrogens is 2. The Balaban J connectivity index is 2.08. The van der Waals surface area contributed by atoms with Gasteiger partial charge in [-0.25, -0.2) is 5.10 Å². The summed E-state index contributed by atoms with van der Waals surface area (Å²) in [6.07, 6.45) is 5.22. The van der Waals surface area contributed by atoms with Crippen molar-refractivity contribution < 1.29 is 9.59 Å². The van der Waals surface area contributed by atoms with Gasteiger partial charge in [0.15, 0.2) is 0 Å². The van der Waals surface area contributed by atoms with Gasteiger partial charge in [-0.1, -0.05) is 19.8 Å². The molecule has 0 saturated carbocycles. The van der Waals surface area contributed by atoms with Gasteiger partial charge in [-0.05, 0) is 31.7 Å². The Bertz CT molecular complexity index is 625. The van der Waals surface area contributed by atoms with E-state index in [0.717, 1.165) is 32.1 Å². The number of rotatable bonds is 7. The zero-order chi connectivity index (χ0) is 18.2. The first-order chi connectivity index (χ1) is 12.1. The molecule has 1 aliphatic heterocycles. The van der Waals surface area contributed by atoms with Crippen LogP contribution in [0.25, 0.3) is 0 Å². The van der Waals surface area contributed by atoms with E-state index in [0.29, 0.717) is 19.5 Å². The van der Waals surface area contributed by atoms with E-state index < -0.39 is 6.04 Å². The van der Waals surface area contributed by atoms with Gasteiger partial charge in [0, 0.05) is 25.2 Å². The number of hydrogen-bond acceptors (Lipinski definition) is 5. The van der Waals surface area contributed by atoms with Gasteiger partial charge in [-0.2, -0.15) is 5.10 Å². The van der Waals surface area contributed by atoms with Gasteiger partial charge < -0.3 is 16.0 Å². The number of nitrogens with zero attached hydrogens (tertiary/aromatic N) is 2. The largest absolute Gasteiger partial charge is 0.350 e. The monoisotopic (exact) mass is 349 g/mol. The molecule has 0 radical (unpaired) electrons. The van der Waals surface area contributed by atoms with Crippen molar-refractivity contribution in [1.29, 1.82) is 0 Å². The maximum Gasteiger partial charge on any atom is 0.274 e. The minimum atomic E-state index is -0.523. The average molecular weight is 349 g/mol. The molecular formula is C17H27N5O3. The first kappa shape index (κ1) is 19.1. The summed E-state index contributed by atoms with van der Waals surface area (Å²) in [5.74, 6) is -0.502. The SMILES string of the molecule is CCCCC(CN)NC(=O)C1CCCCN1C(=O)c1ccc(=O)[nH]n1. The van der Waals surface area contributed by atoms with Crippen molar-refractivity contribution in [2.75, 3.05) is 13.1 Å². The Morgan fingerprint density at radius 3 is 2.88 bits per heavy atom. The number of amides is 2. The number of nitrogens with one attached hydrogen (secondary N) is 2. The second-order valence-corrected chi connectivity index (χ2v) is 6.40. The van der Waals surface area contributed by atoms with E-state index in [1.54, 1.807) is 4.90 Å². The molecule has 2 atom stereocenters. The number of H-pyrrole nitrogens is 1. The summed E-state index contributed by atoms with van der Waals surface area (Å²) in [6, 6.07) is 2.05. The van der Waals surface area contributed by atoms with Crippen molar-refractivity contribution in [3.05, 3.63) is 28.2 Å². The summed E-state index contributed by atoms with van der Waals surface area (Å²) >= 11 is 0. The van der Waals surface area contributed by atoms with E-state index in [1.807, 2.05) is 0 Å². The van der Waals surface area contributed by atoms with Gasteiger partial charge in [0.2, 0.25) is 5.91 Å². The summed E-state index contributed by atoms with van der Waals surface area (Å²) in [4.78, 5) is 38.0. The van der Waals surface area contributed by atoms with Crippen LogP contribution in [-0.4, -0.2) is 52.1 Å². The van der Waals surface area contributed by atoms with Gasteiger partial charge in [-0.3, -0.25) is 14.4 Å². The molecule has 0 spiro atoms. The van der Waals surface area contributed by atoms with Crippen LogP contribution < -0.4 is 16.6 Å². The molecule has 138 valence electrons. The van der Waals surface area contributed by atoms with Crippen LogP contribution in [0.3, 0.4) is 0 Å². The Labute approximate surface area is 147 Å². The van der Waals surface area contributed by atoms with E-state index in [9.17, 15) is 14.4 Å². The number of carbonyl (C=O) groups is 2. The predicted octanol–water partition coefficient (Wildman–Crippen LogP) is 0.398. The number of likely N-dealkylation sites (tertiary alicyclic amines) is 1. The molecule has 2 heterocycles. The molecule has 1 aromatic heterocycles. The van der Waals surface area contributed by atoms with Gasteiger partial charge in [0.05, 0.1) is 0 Å². The molecule has 2 amide bonds.